The summed E-state index contributed by atoms with van der Waals surface area (Å²) in [5, 5.41) is 3.05. The van der Waals surface area contributed by atoms with Gasteiger partial charge in [-0.05, 0) is 43.5 Å². The Bertz CT molecular complexity index is 952. The zero-order valence-corrected chi connectivity index (χ0v) is 17.6. The van der Waals surface area contributed by atoms with Gasteiger partial charge in [-0.15, -0.1) is 12.4 Å². The number of carbonyl (C=O) groups excluding carboxylic acids is 2. The van der Waals surface area contributed by atoms with E-state index >= 15 is 4.39 Å². The highest BCUT2D eigenvalue weighted by atomic mass is 35.5. The molecule has 2 aliphatic heterocycles. The standard InChI is InChI=1S/C21H21ClFN3O3.ClH/c22-14-7-8-16-17(18(14)23)21(9-4-10-25-12-21)29-20(28)26(16)19(27)15(24)11-13-5-2-1-3-6-13;/h1-3,5-8,15,25H,4,9-12,24H2;1H/t15-,21-;/m0./s1. The molecule has 0 saturated carbocycles. The number of imide groups is 1. The van der Waals surface area contributed by atoms with Crippen molar-refractivity contribution in [1.82, 2.24) is 5.32 Å². The Kier molecular flexibility index (Phi) is 6.67. The minimum Gasteiger partial charge on any atom is -0.436 e. The molecule has 2 aromatic rings. The molecule has 0 radical (unpaired) electrons. The predicted molar refractivity (Wildman–Crippen MR) is 115 cm³/mol. The zero-order chi connectivity index (χ0) is 20.6. The van der Waals surface area contributed by atoms with E-state index in [2.05, 4.69) is 5.32 Å². The Balaban J connectivity index is 0.00000256. The molecule has 6 nitrogen and oxygen atoms in total. The Morgan fingerprint density at radius 1 is 1.30 bits per heavy atom. The molecule has 9 heteroatoms. The van der Waals surface area contributed by atoms with Gasteiger partial charge in [-0.1, -0.05) is 41.9 Å². The summed E-state index contributed by atoms with van der Waals surface area (Å²) in [6, 6.07) is 11.1. The molecule has 0 aromatic heterocycles. The number of nitrogens with one attached hydrogen (secondary N) is 1. The Morgan fingerprint density at radius 2 is 2.03 bits per heavy atom. The highest BCUT2D eigenvalue weighted by Gasteiger charge is 2.50. The molecular weight excluding hydrogens is 432 g/mol. The molecular formula is C21H22Cl2FN3O3. The molecule has 160 valence electrons. The Morgan fingerprint density at radius 3 is 2.70 bits per heavy atom. The van der Waals surface area contributed by atoms with Crippen LogP contribution in [0.25, 0.3) is 0 Å². The van der Waals surface area contributed by atoms with Crippen LogP contribution in [-0.2, 0) is 21.6 Å². The maximum absolute atomic E-state index is 15.1. The number of nitrogens with zero attached hydrogens (tertiary/aromatic N) is 1. The third-order valence-corrected chi connectivity index (χ3v) is 5.71. The van der Waals surface area contributed by atoms with Crippen molar-refractivity contribution in [1.29, 1.82) is 0 Å². The van der Waals surface area contributed by atoms with Gasteiger partial charge in [0.05, 0.1) is 22.3 Å². The molecule has 2 amide bonds. The maximum atomic E-state index is 15.1. The predicted octanol–water partition coefficient (Wildman–Crippen LogP) is 3.53. The number of fused-ring (bicyclic) bond motifs is 2. The molecule has 30 heavy (non-hydrogen) atoms. The molecule has 1 saturated heterocycles. The fourth-order valence-corrected chi connectivity index (χ4v) is 4.19. The normalized spacial score (nSPS) is 21.4. The van der Waals surface area contributed by atoms with E-state index in [-0.39, 0.29) is 41.6 Å². The zero-order valence-electron chi connectivity index (χ0n) is 16.1. The minimum absolute atomic E-state index is 0. The molecule has 2 aliphatic rings. The van der Waals surface area contributed by atoms with Gasteiger partial charge in [-0.25, -0.2) is 14.1 Å². The summed E-state index contributed by atoms with van der Waals surface area (Å²) >= 11 is 6.02. The molecule has 2 heterocycles. The minimum atomic E-state index is -1.19. The van der Waals surface area contributed by atoms with Crippen LogP contribution in [0.4, 0.5) is 14.9 Å². The number of carbonyl (C=O) groups is 2. The van der Waals surface area contributed by atoms with Gasteiger partial charge in [0, 0.05) is 6.54 Å². The number of ether oxygens (including phenoxy) is 1. The molecule has 0 bridgehead atoms. The number of nitrogens with two attached hydrogens (primary N) is 1. The Labute approximate surface area is 184 Å². The van der Waals surface area contributed by atoms with Gasteiger partial charge in [0.15, 0.2) is 11.4 Å². The summed E-state index contributed by atoms with van der Waals surface area (Å²) in [5.41, 5.74) is 6.03. The number of hydrogen-bond donors (Lipinski definition) is 2. The van der Waals surface area contributed by atoms with Crippen LogP contribution in [0, 0.1) is 5.82 Å². The van der Waals surface area contributed by atoms with Gasteiger partial charge >= 0.3 is 6.09 Å². The summed E-state index contributed by atoms with van der Waals surface area (Å²) in [6.45, 7) is 0.989. The second kappa shape index (κ2) is 8.89. The van der Waals surface area contributed by atoms with E-state index in [1.54, 1.807) is 0 Å². The lowest BCUT2D eigenvalue weighted by molar-refractivity contribution is -0.120. The van der Waals surface area contributed by atoms with E-state index in [0.717, 1.165) is 17.0 Å². The summed E-state index contributed by atoms with van der Waals surface area (Å²) in [7, 11) is 0. The van der Waals surface area contributed by atoms with E-state index in [4.69, 9.17) is 22.1 Å². The van der Waals surface area contributed by atoms with Crippen molar-refractivity contribution in [3.63, 3.8) is 0 Å². The first kappa shape index (κ1) is 22.5. The molecule has 2 aromatic carbocycles. The first-order valence-corrected chi connectivity index (χ1v) is 9.86. The van der Waals surface area contributed by atoms with Crippen molar-refractivity contribution in [2.75, 3.05) is 18.0 Å². The number of halogens is 3. The van der Waals surface area contributed by atoms with E-state index in [1.165, 1.54) is 12.1 Å². The van der Waals surface area contributed by atoms with Crippen LogP contribution in [0.2, 0.25) is 5.02 Å². The van der Waals surface area contributed by atoms with Crippen molar-refractivity contribution >= 4 is 41.7 Å². The molecule has 1 fully saturated rings. The average Bonchev–Trinajstić information content (AvgIpc) is 2.71. The van der Waals surface area contributed by atoms with Gasteiger partial charge < -0.3 is 15.8 Å². The highest BCUT2D eigenvalue weighted by Crippen LogP contribution is 2.46. The first-order chi connectivity index (χ1) is 13.9. The van der Waals surface area contributed by atoms with Crippen LogP contribution in [0.15, 0.2) is 42.5 Å². The third kappa shape index (κ3) is 3.90. The average molecular weight is 454 g/mol. The van der Waals surface area contributed by atoms with E-state index in [0.29, 0.717) is 12.8 Å². The van der Waals surface area contributed by atoms with Crippen LogP contribution < -0.4 is 16.0 Å². The number of piperidine rings is 1. The van der Waals surface area contributed by atoms with Gasteiger partial charge in [0.1, 0.15) is 0 Å². The SMILES string of the molecule is Cl.N[C@@H](Cc1ccccc1)C(=O)N1C(=O)O[C@]2(CCCNC2)c2c1ccc(Cl)c2F. The second-order valence-corrected chi connectivity index (χ2v) is 7.78. The van der Waals surface area contributed by atoms with Crippen molar-refractivity contribution in [2.45, 2.75) is 30.9 Å². The molecule has 2 atom stereocenters. The lowest BCUT2D eigenvalue weighted by Crippen LogP contribution is -2.57. The number of anilines is 1. The largest absolute Gasteiger partial charge is 0.436 e. The quantitative estimate of drug-likeness (QED) is 0.742. The molecule has 0 aliphatic carbocycles. The maximum Gasteiger partial charge on any atom is 0.422 e. The van der Waals surface area contributed by atoms with Crippen molar-refractivity contribution in [2.24, 2.45) is 5.73 Å². The lowest BCUT2D eigenvalue weighted by atomic mass is 9.83. The van der Waals surface area contributed by atoms with E-state index in [1.807, 2.05) is 30.3 Å². The van der Waals surface area contributed by atoms with Crippen LogP contribution in [0.5, 0.6) is 0 Å². The monoisotopic (exact) mass is 453 g/mol. The summed E-state index contributed by atoms with van der Waals surface area (Å²) in [4.78, 5) is 26.8. The summed E-state index contributed by atoms with van der Waals surface area (Å²) in [6.07, 6.45) is 0.520. The topological polar surface area (TPSA) is 84.7 Å². The van der Waals surface area contributed by atoms with Crippen molar-refractivity contribution < 1.29 is 18.7 Å². The molecule has 4 rings (SSSR count). The first-order valence-electron chi connectivity index (χ1n) is 9.48. The number of rotatable bonds is 3. The lowest BCUT2D eigenvalue weighted by Gasteiger charge is -2.44. The molecule has 3 N–H and O–H groups in total. The van der Waals surface area contributed by atoms with Crippen LogP contribution >= 0.6 is 24.0 Å². The van der Waals surface area contributed by atoms with Crippen LogP contribution in [0.1, 0.15) is 24.0 Å². The summed E-state index contributed by atoms with van der Waals surface area (Å²) in [5.74, 6) is -1.34. The van der Waals surface area contributed by atoms with Crippen LogP contribution in [0.3, 0.4) is 0 Å². The van der Waals surface area contributed by atoms with Crippen molar-refractivity contribution in [3.05, 3.63) is 64.4 Å². The van der Waals surface area contributed by atoms with E-state index in [9.17, 15) is 9.59 Å². The van der Waals surface area contributed by atoms with Gasteiger partial charge in [-0.2, -0.15) is 0 Å². The highest BCUT2D eigenvalue weighted by molar-refractivity contribution is 6.31. The number of benzene rings is 2. The smallest absolute Gasteiger partial charge is 0.422 e. The van der Waals surface area contributed by atoms with Gasteiger partial charge in [0.25, 0.3) is 5.91 Å². The third-order valence-electron chi connectivity index (χ3n) is 5.42. The fourth-order valence-electron chi connectivity index (χ4n) is 4.03. The number of hydrogen-bond acceptors (Lipinski definition) is 5. The van der Waals surface area contributed by atoms with E-state index < -0.39 is 29.5 Å². The molecule has 1 spiro atoms. The van der Waals surface area contributed by atoms with Gasteiger partial charge in [0.2, 0.25) is 0 Å². The fraction of sp³-hybridized carbons (Fsp3) is 0.333. The van der Waals surface area contributed by atoms with Gasteiger partial charge in [-0.3, -0.25) is 4.79 Å². The summed E-state index contributed by atoms with van der Waals surface area (Å²) < 4.78 is 20.8. The van der Waals surface area contributed by atoms with Crippen molar-refractivity contribution in [3.8, 4) is 0 Å². The Hall–Kier alpha value is -2.19. The second-order valence-electron chi connectivity index (χ2n) is 7.37. The molecule has 0 unspecified atom stereocenters. The number of amides is 2. The van der Waals surface area contributed by atoms with Crippen LogP contribution in [-0.4, -0.2) is 31.1 Å².